The van der Waals surface area contributed by atoms with Gasteiger partial charge >= 0.3 is 11.9 Å². The molecule has 0 aromatic carbocycles. The monoisotopic (exact) mass is 278 g/mol. The van der Waals surface area contributed by atoms with E-state index in [1.165, 1.54) is 6.42 Å². The molecule has 4 saturated carbocycles. The largest absolute Gasteiger partial charge is 0.481 e. The van der Waals surface area contributed by atoms with Gasteiger partial charge in [-0.15, -0.1) is 0 Å². The normalized spacial score (nSPS) is 58.9. The van der Waals surface area contributed by atoms with E-state index in [0.29, 0.717) is 35.5 Å². The molecule has 0 heterocycles. The minimum absolute atomic E-state index is 0.119. The molecule has 0 radical (unpaired) electrons. The molecule has 20 heavy (non-hydrogen) atoms. The number of fused-ring (bicyclic) bond motifs is 9. The SMILES string of the molecule is CC1C(C)C2CC1C1C3CC(C(C(=O)O)C3C(=O)O)C21. The van der Waals surface area contributed by atoms with Gasteiger partial charge < -0.3 is 10.2 Å². The van der Waals surface area contributed by atoms with Crippen molar-refractivity contribution in [2.75, 3.05) is 0 Å². The highest BCUT2D eigenvalue weighted by atomic mass is 16.4. The first-order valence-corrected chi connectivity index (χ1v) is 7.89. The lowest BCUT2D eigenvalue weighted by atomic mass is 9.59. The Labute approximate surface area is 118 Å². The predicted octanol–water partition coefficient (Wildman–Crippen LogP) is 2.19. The molecule has 110 valence electrons. The third-order valence-corrected chi connectivity index (χ3v) is 7.57. The molecule has 4 fully saturated rings. The molecule has 0 spiro atoms. The Kier molecular flexibility index (Phi) is 2.39. The van der Waals surface area contributed by atoms with Crippen molar-refractivity contribution in [2.24, 2.45) is 59.2 Å². The molecular weight excluding hydrogens is 256 g/mol. The van der Waals surface area contributed by atoms with Gasteiger partial charge in [-0.3, -0.25) is 9.59 Å². The highest BCUT2D eigenvalue weighted by molar-refractivity contribution is 5.82. The molecule has 10 unspecified atom stereocenters. The Morgan fingerprint density at radius 3 is 1.45 bits per heavy atom. The Bertz CT molecular complexity index is 445. The van der Waals surface area contributed by atoms with Crippen LogP contribution in [0.25, 0.3) is 0 Å². The number of carboxylic acid groups (broad SMARTS) is 2. The van der Waals surface area contributed by atoms with Crippen molar-refractivity contribution < 1.29 is 19.8 Å². The van der Waals surface area contributed by atoms with Crippen molar-refractivity contribution in [3.8, 4) is 0 Å². The first-order chi connectivity index (χ1) is 9.43. The minimum Gasteiger partial charge on any atom is -0.481 e. The third-order valence-electron chi connectivity index (χ3n) is 7.57. The highest BCUT2D eigenvalue weighted by Gasteiger charge is 2.70. The zero-order valence-corrected chi connectivity index (χ0v) is 11.9. The van der Waals surface area contributed by atoms with Gasteiger partial charge in [0.25, 0.3) is 0 Å². The summed E-state index contributed by atoms with van der Waals surface area (Å²) in [6.45, 7) is 4.62. The summed E-state index contributed by atoms with van der Waals surface area (Å²) in [6.07, 6.45) is 2.05. The summed E-state index contributed by atoms with van der Waals surface area (Å²) < 4.78 is 0. The highest BCUT2D eigenvalue weighted by Crippen LogP contribution is 2.72. The van der Waals surface area contributed by atoms with Gasteiger partial charge in [-0.1, -0.05) is 13.8 Å². The van der Waals surface area contributed by atoms with Gasteiger partial charge in [0.05, 0.1) is 11.8 Å². The van der Waals surface area contributed by atoms with E-state index in [1.54, 1.807) is 0 Å². The van der Waals surface area contributed by atoms with Crippen molar-refractivity contribution in [3.63, 3.8) is 0 Å². The van der Waals surface area contributed by atoms with Crippen LogP contribution in [0.4, 0.5) is 0 Å². The summed E-state index contributed by atoms with van der Waals surface area (Å²) in [5.41, 5.74) is 0. The summed E-state index contributed by atoms with van der Waals surface area (Å²) in [7, 11) is 0. The summed E-state index contributed by atoms with van der Waals surface area (Å²) in [5.74, 6) is 0.831. The van der Waals surface area contributed by atoms with Crippen LogP contribution in [0.1, 0.15) is 26.7 Å². The molecule has 4 bridgehead atoms. The van der Waals surface area contributed by atoms with Gasteiger partial charge in [0, 0.05) is 0 Å². The zero-order chi connectivity index (χ0) is 14.3. The van der Waals surface area contributed by atoms with Gasteiger partial charge in [0.1, 0.15) is 0 Å². The third kappa shape index (κ3) is 1.24. The van der Waals surface area contributed by atoms with Crippen LogP contribution in [-0.4, -0.2) is 22.2 Å². The second kappa shape index (κ2) is 3.77. The summed E-state index contributed by atoms with van der Waals surface area (Å²) >= 11 is 0. The molecule has 4 aliphatic carbocycles. The maximum Gasteiger partial charge on any atom is 0.307 e. The topological polar surface area (TPSA) is 74.6 Å². The fraction of sp³-hybridized carbons (Fsp3) is 0.875. The fourth-order valence-corrected chi connectivity index (χ4v) is 6.92. The van der Waals surface area contributed by atoms with Crippen molar-refractivity contribution in [1.29, 1.82) is 0 Å². The molecular formula is C16H22O4. The smallest absolute Gasteiger partial charge is 0.307 e. The van der Waals surface area contributed by atoms with E-state index < -0.39 is 23.8 Å². The first-order valence-electron chi connectivity index (χ1n) is 7.89. The van der Waals surface area contributed by atoms with E-state index >= 15 is 0 Å². The van der Waals surface area contributed by atoms with Crippen LogP contribution in [0, 0.1) is 59.2 Å². The van der Waals surface area contributed by atoms with Crippen molar-refractivity contribution in [1.82, 2.24) is 0 Å². The van der Waals surface area contributed by atoms with Crippen molar-refractivity contribution in [2.45, 2.75) is 26.7 Å². The molecule has 2 N–H and O–H groups in total. The maximum absolute atomic E-state index is 11.6. The van der Waals surface area contributed by atoms with Gasteiger partial charge in [-0.05, 0) is 60.2 Å². The molecule has 0 aromatic heterocycles. The number of carboxylic acids is 2. The predicted molar refractivity (Wildman–Crippen MR) is 70.8 cm³/mol. The van der Waals surface area contributed by atoms with E-state index in [2.05, 4.69) is 13.8 Å². The number of aliphatic carboxylic acids is 2. The van der Waals surface area contributed by atoms with Crippen LogP contribution < -0.4 is 0 Å². The number of hydrogen-bond acceptors (Lipinski definition) is 2. The average Bonchev–Trinajstić information content (AvgIpc) is 3.07. The summed E-state index contributed by atoms with van der Waals surface area (Å²) in [6, 6.07) is 0. The zero-order valence-electron chi connectivity index (χ0n) is 11.9. The Balaban J connectivity index is 1.73. The molecule has 0 amide bonds. The second-order valence-corrected chi connectivity index (χ2v) is 7.73. The first kappa shape index (κ1) is 12.7. The molecule has 10 atom stereocenters. The number of carbonyl (C=O) groups is 2. The van der Waals surface area contributed by atoms with Crippen LogP contribution in [0.5, 0.6) is 0 Å². The fourth-order valence-electron chi connectivity index (χ4n) is 6.92. The van der Waals surface area contributed by atoms with Crippen LogP contribution in [-0.2, 0) is 9.59 Å². The Morgan fingerprint density at radius 1 is 0.750 bits per heavy atom. The van der Waals surface area contributed by atoms with E-state index in [0.717, 1.165) is 6.42 Å². The van der Waals surface area contributed by atoms with E-state index in [-0.39, 0.29) is 11.8 Å². The lowest BCUT2D eigenvalue weighted by molar-refractivity contribution is -0.160. The number of hydrogen-bond donors (Lipinski definition) is 2. The molecule has 0 aliphatic heterocycles. The van der Waals surface area contributed by atoms with E-state index in [1.807, 2.05) is 0 Å². The second-order valence-electron chi connectivity index (χ2n) is 7.73. The molecule has 0 aromatic rings. The lowest BCUT2D eigenvalue weighted by Crippen LogP contribution is -2.46. The van der Waals surface area contributed by atoms with Crippen LogP contribution in [0.15, 0.2) is 0 Å². The van der Waals surface area contributed by atoms with Gasteiger partial charge in [0.2, 0.25) is 0 Å². The maximum atomic E-state index is 11.6. The van der Waals surface area contributed by atoms with E-state index in [9.17, 15) is 19.8 Å². The standard InChI is InChI=1S/C16H22O4/c1-5-6(2)8-3-7(5)11-9-4-10(12(8)11)14(16(19)20)13(9)15(17)18/h5-14H,3-4H2,1-2H3,(H,17,18)(H,19,20). The molecule has 4 heteroatoms. The summed E-state index contributed by atoms with van der Waals surface area (Å²) in [5, 5.41) is 19.0. The molecule has 4 rings (SSSR count). The molecule has 0 saturated heterocycles. The molecule has 4 aliphatic rings. The van der Waals surface area contributed by atoms with Crippen molar-refractivity contribution in [3.05, 3.63) is 0 Å². The lowest BCUT2D eigenvalue weighted by Gasteiger charge is -2.44. The van der Waals surface area contributed by atoms with Gasteiger partial charge in [0.15, 0.2) is 0 Å². The Morgan fingerprint density at radius 2 is 1.10 bits per heavy atom. The van der Waals surface area contributed by atoms with Crippen LogP contribution >= 0.6 is 0 Å². The quantitative estimate of drug-likeness (QED) is 0.759. The van der Waals surface area contributed by atoms with Gasteiger partial charge in [-0.25, -0.2) is 0 Å². The van der Waals surface area contributed by atoms with Gasteiger partial charge in [-0.2, -0.15) is 0 Å². The van der Waals surface area contributed by atoms with E-state index in [4.69, 9.17) is 0 Å². The Hall–Kier alpha value is -1.06. The molecule has 4 nitrogen and oxygen atoms in total. The number of rotatable bonds is 2. The van der Waals surface area contributed by atoms with Crippen LogP contribution in [0.2, 0.25) is 0 Å². The van der Waals surface area contributed by atoms with Crippen molar-refractivity contribution >= 4 is 11.9 Å². The summed E-state index contributed by atoms with van der Waals surface area (Å²) in [4.78, 5) is 23.2. The average molecular weight is 278 g/mol. The van der Waals surface area contributed by atoms with Crippen LogP contribution in [0.3, 0.4) is 0 Å². The minimum atomic E-state index is -0.883.